The van der Waals surface area contributed by atoms with Crippen LogP contribution in [-0.2, 0) is 16.0 Å². The van der Waals surface area contributed by atoms with Gasteiger partial charge in [-0.3, -0.25) is 9.78 Å². The average molecular weight is 686 g/mol. The molecular weight excluding hydrogens is 623 g/mol. The SMILES string of the molecule is C=C(/C=C(\OC)C(C)(C)C(F)(F)F)CC(=O)Cc1ccc(-c2cnc3cc(C)c(C(C)CC)cc3c2)cc1C.CC.CCCC.CCCO. The number of fused-ring (bicyclic) bond motifs is 1. The predicted octanol–water partition coefficient (Wildman–Crippen LogP) is 12.4. The summed E-state index contributed by atoms with van der Waals surface area (Å²) in [6.07, 6.45) is 3.29. The van der Waals surface area contributed by atoms with Crippen molar-refractivity contribution < 1.29 is 27.8 Å². The first-order valence-corrected chi connectivity index (χ1v) is 17.6. The van der Waals surface area contributed by atoms with Gasteiger partial charge >= 0.3 is 6.18 Å². The number of aliphatic hydroxyl groups excluding tert-OH is 1. The maximum Gasteiger partial charge on any atom is 0.400 e. The quantitative estimate of drug-likeness (QED) is 0.152. The number of hydrogen-bond donors (Lipinski definition) is 1. The van der Waals surface area contributed by atoms with Gasteiger partial charge in [0.15, 0.2) is 0 Å². The highest BCUT2D eigenvalue weighted by Gasteiger charge is 2.51. The fraction of sp³-hybridized carbons (Fsp3) is 0.524. The van der Waals surface area contributed by atoms with Crippen molar-refractivity contribution in [3.8, 4) is 11.1 Å². The van der Waals surface area contributed by atoms with Gasteiger partial charge in [-0.25, -0.2) is 0 Å². The molecule has 0 aliphatic carbocycles. The van der Waals surface area contributed by atoms with E-state index in [1.807, 2.05) is 52.1 Å². The first kappa shape index (κ1) is 45.6. The molecule has 0 saturated heterocycles. The number of carbonyl (C=O) groups is 1. The maximum absolute atomic E-state index is 13.4. The van der Waals surface area contributed by atoms with Gasteiger partial charge in [0.05, 0.1) is 12.6 Å². The summed E-state index contributed by atoms with van der Waals surface area (Å²) in [7, 11) is 1.19. The topological polar surface area (TPSA) is 59.4 Å². The van der Waals surface area contributed by atoms with Gasteiger partial charge < -0.3 is 9.84 Å². The third kappa shape index (κ3) is 14.1. The minimum absolute atomic E-state index is 0.0610. The number of hydrogen-bond acceptors (Lipinski definition) is 4. The molecule has 0 aliphatic heterocycles. The van der Waals surface area contributed by atoms with E-state index in [0.717, 1.165) is 59.8 Å². The van der Waals surface area contributed by atoms with Crippen LogP contribution in [0.25, 0.3) is 22.0 Å². The molecule has 1 aromatic heterocycles. The lowest BCUT2D eigenvalue weighted by molar-refractivity contribution is -0.208. The minimum Gasteiger partial charge on any atom is -0.500 e. The summed E-state index contributed by atoms with van der Waals surface area (Å²) in [6.45, 7) is 25.0. The summed E-state index contributed by atoms with van der Waals surface area (Å²) in [5.41, 5.74) is 5.48. The molecule has 1 unspecified atom stereocenters. The molecule has 7 heteroatoms. The van der Waals surface area contributed by atoms with Crippen LogP contribution in [0.5, 0.6) is 0 Å². The van der Waals surface area contributed by atoms with Gasteiger partial charge in [0.2, 0.25) is 0 Å². The van der Waals surface area contributed by atoms with Crippen molar-refractivity contribution >= 4 is 16.7 Å². The Morgan fingerprint density at radius 3 is 2.02 bits per heavy atom. The highest BCUT2D eigenvalue weighted by Crippen LogP contribution is 2.44. The number of benzene rings is 2. The van der Waals surface area contributed by atoms with Gasteiger partial charge in [-0.05, 0) is 104 Å². The number of nitrogens with zero attached hydrogens (tertiary/aromatic N) is 1. The lowest BCUT2D eigenvalue weighted by Gasteiger charge is -2.29. The number of halogens is 3. The van der Waals surface area contributed by atoms with Gasteiger partial charge in [0, 0.05) is 36.6 Å². The number of pyridine rings is 1. The number of unbranched alkanes of at least 4 members (excludes halogenated alkanes) is 1. The second-order valence-corrected chi connectivity index (χ2v) is 12.7. The molecule has 0 spiro atoms. The summed E-state index contributed by atoms with van der Waals surface area (Å²) in [6, 6.07) is 12.5. The fourth-order valence-corrected chi connectivity index (χ4v) is 4.68. The van der Waals surface area contributed by atoms with Gasteiger partial charge in [-0.1, -0.05) is 86.1 Å². The molecule has 0 amide bonds. The summed E-state index contributed by atoms with van der Waals surface area (Å²) >= 11 is 0. The largest absolute Gasteiger partial charge is 0.500 e. The second kappa shape index (κ2) is 22.3. The third-order valence-electron chi connectivity index (χ3n) is 8.30. The number of ether oxygens (including phenoxy) is 1. The lowest BCUT2D eigenvalue weighted by atomic mass is 9.88. The van der Waals surface area contributed by atoms with Crippen LogP contribution in [0.15, 0.2) is 66.6 Å². The standard InChI is InChI=1S/C33H38F3NO2.C4H10.C3H8O.C2H6/c1-9-21(3)29-18-26-16-27(19-37-30(26)15-23(29)5)25-11-10-24(22(4)14-25)17-28(38)12-20(2)13-31(39-8)32(6,7)33(34,35)36;1-3-4-2;1-2-3-4;1-2/h10-11,13-16,18-19,21H,2,9,12,17H2,1,3-8H3;3-4H2,1-2H3;4H,2-3H2,1H3;1-2H3/b31-13-;;;. The smallest absolute Gasteiger partial charge is 0.400 e. The van der Waals surface area contributed by atoms with E-state index in [1.165, 1.54) is 37.2 Å². The first-order valence-electron chi connectivity index (χ1n) is 17.6. The van der Waals surface area contributed by atoms with Gasteiger partial charge in [-0.15, -0.1) is 0 Å². The Labute approximate surface area is 294 Å². The number of aromatic nitrogens is 1. The molecule has 3 rings (SSSR count). The number of aryl methyl sites for hydroxylation is 2. The number of Topliss-reactive ketones (excluding diaryl/α,β-unsaturated/α-hetero) is 1. The molecule has 0 aliphatic rings. The number of aliphatic hydroxyl groups is 1. The Morgan fingerprint density at radius 2 is 1.55 bits per heavy atom. The van der Waals surface area contributed by atoms with Crippen LogP contribution in [0, 0.1) is 19.3 Å². The van der Waals surface area contributed by atoms with E-state index in [-0.39, 0.29) is 30.0 Å². The summed E-state index contributed by atoms with van der Waals surface area (Å²) in [5.74, 6) is 0.0670. The van der Waals surface area contributed by atoms with Crippen molar-refractivity contribution in [1.82, 2.24) is 4.98 Å². The van der Waals surface area contributed by atoms with E-state index in [2.05, 4.69) is 59.4 Å². The molecule has 1 N–H and O–H groups in total. The Bertz CT molecular complexity index is 1480. The van der Waals surface area contributed by atoms with Crippen molar-refractivity contribution in [3.63, 3.8) is 0 Å². The molecule has 0 bridgehead atoms. The van der Waals surface area contributed by atoms with Crippen LogP contribution >= 0.6 is 0 Å². The molecule has 49 heavy (non-hydrogen) atoms. The lowest BCUT2D eigenvalue weighted by Crippen LogP contribution is -2.34. The van der Waals surface area contributed by atoms with Crippen LogP contribution in [0.1, 0.15) is 123 Å². The van der Waals surface area contributed by atoms with E-state index in [0.29, 0.717) is 12.5 Å². The zero-order chi connectivity index (χ0) is 37.9. The number of allylic oxidation sites excluding steroid dienone is 3. The van der Waals surface area contributed by atoms with E-state index >= 15 is 0 Å². The monoisotopic (exact) mass is 685 g/mol. The Hall–Kier alpha value is -3.45. The normalized spacial score (nSPS) is 12.0. The predicted molar refractivity (Wildman–Crippen MR) is 202 cm³/mol. The molecule has 274 valence electrons. The van der Waals surface area contributed by atoms with Gasteiger partial charge in [0.25, 0.3) is 0 Å². The van der Waals surface area contributed by atoms with Crippen molar-refractivity contribution in [1.29, 1.82) is 0 Å². The second-order valence-electron chi connectivity index (χ2n) is 12.7. The number of rotatable bonds is 12. The van der Waals surface area contributed by atoms with Crippen molar-refractivity contribution in [2.75, 3.05) is 13.7 Å². The number of methoxy groups -OCH3 is 1. The maximum atomic E-state index is 13.4. The Balaban J connectivity index is 0.00000204. The van der Waals surface area contributed by atoms with E-state index in [9.17, 15) is 18.0 Å². The molecule has 1 heterocycles. The average Bonchev–Trinajstić information content (AvgIpc) is 3.07. The molecule has 1 atom stereocenters. The Morgan fingerprint density at radius 1 is 0.959 bits per heavy atom. The van der Waals surface area contributed by atoms with Crippen LogP contribution in [0.2, 0.25) is 0 Å². The Kier molecular flexibility index (Phi) is 20.7. The molecule has 3 aromatic rings. The van der Waals surface area contributed by atoms with Crippen molar-refractivity contribution in [2.24, 2.45) is 5.41 Å². The van der Waals surface area contributed by atoms with Crippen LogP contribution in [-0.4, -0.2) is 35.8 Å². The fourth-order valence-electron chi connectivity index (χ4n) is 4.68. The highest BCUT2D eigenvalue weighted by molar-refractivity contribution is 5.86. The van der Waals surface area contributed by atoms with E-state index in [1.54, 1.807) is 0 Å². The summed E-state index contributed by atoms with van der Waals surface area (Å²) in [5, 5.41) is 8.97. The van der Waals surface area contributed by atoms with Crippen LogP contribution < -0.4 is 0 Å². The third-order valence-corrected chi connectivity index (χ3v) is 8.30. The summed E-state index contributed by atoms with van der Waals surface area (Å²) < 4.78 is 45.2. The molecule has 4 nitrogen and oxygen atoms in total. The molecule has 0 saturated carbocycles. The minimum atomic E-state index is -4.49. The first-order chi connectivity index (χ1) is 23.0. The molecular formula is C42H62F3NO3. The van der Waals surface area contributed by atoms with E-state index in [4.69, 9.17) is 14.8 Å². The van der Waals surface area contributed by atoms with Gasteiger partial charge in [-0.2, -0.15) is 13.2 Å². The molecule has 2 aromatic carbocycles. The van der Waals surface area contributed by atoms with Gasteiger partial charge in [0.1, 0.15) is 17.0 Å². The van der Waals surface area contributed by atoms with Crippen molar-refractivity contribution in [2.45, 2.75) is 127 Å². The van der Waals surface area contributed by atoms with Crippen LogP contribution in [0.4, 0.5) is 13.2 Å². The number of ketones is 1. The van der Waals surface area contributed by atoms with E-state index < -0.39 is 11.6 Å². The number of carbonyl (C=O) groups excluding carboxylic acids is 1. The summed E-state index contributed by atoms with van der Waals surface area (Å²) in [4.78, 5) is 17.5. The van der Waals surface area contributed by atoms with Crippen molar-refractivity contribution in [3.05, 3.63) is 88.8 Å². The number of alkyl halides is 3. The van der Waals surface area contributed by atoms with Crippen LogP contribution in [0.3, 0.4) is 0 Å². The zero-order valence-corrected chi connectivity index (χ0v) is 32.2. The highest BCUT2D eigenvalue weighted by atomic mass is 19.4. The molecule has 0 fully saturated rings. The molecule has 0 radical (unpaired) electrons. The zero-order valence-electron chi connectivity index (χ0n) is 32.2.